The summed E-state index contributed by atoms with van der Waals surface area (Å²) in [5, 5.41) is 8.99. The third kappa shape index (κ3) is 3.04. The van der Waals surface area contributed by atoms with Gasteiger partial charge in [0.15, 0.2) is 0 Å². The lowest BCUT2D eigenvalue weighted by Gasteiger charge is -2.35. The first kappa shape index (κ1) is 13.4. The van der Waals surface area contributed by atoms with E-state index >= 15 is 0 Å². The SMILES string of the molecule is CC(N)C1CCN(c2cc(Br)cc(C#N)c2)CC1. The van der Waals surface area contributed by atoms with Crippen LogP contribution in [0.15, 0.2) is 22.7 Å². The van der Waals surface area contributed by atoms with Gasteiger partial charge in [0, 0.05) is 29.3 Å². The Morgan fingerprint density at radius 1 is 1.39 bits per heavy atom. The smallest absolute Gasteiger partial charge is 0.0992 e. The molecule has 1 saturated heterocycles. The molecule has 1 aromatic rings. The highest BCUT2D eigenvalue weighted by atomic mass is 79.9. The van der Waals surface area contributed by atoms with Crippen LogP contribution in [0.2, 0.25) is 0 Å². The fourth-order valence-electron chi connectivity index (χ4n) is 2.50. The van der Waals surface area contributed by atoms with E-state index in [1.54, 1.807) is 0 Å². The number of piperidine rings is 1. The van der Waals surface area contributed by atoms with Gasteiger partial charge in [-0.25, -0.2) is 0 Å². The lowest BCUT2D eigenvalue weighted by molar-refractivity contribution is 0.354. The number of nitrogens with zero attached hydrogens (tertiary/aromatic N) is 2. The Hall–Kier alpha value is -1.05. The minimum Gasteiger partial charge on any atom is -0.371 e. The van der Waals surface area contributed by atoms with Gasteiger partial charge in [-0.05, 0) is 43.9 Å². The second-order valence-electron chi connectivity index (χ2n) is 4.99. The van der Waals surface area contributed by atoms with Gasteiger partial charge in [-0.15, -0.1) is 0 Å². The van der Waals surface area contributed by atoms with Gasteiger partial charge in [0.2, 0.25) is 0 Å². The molecular weight excluding hydrogens is 290 g/mol. The zero-order valence-corrected chi connectivity index (χ0v) is 12.2. The summed E-state index contributed by atoms with van der Waals surface area (Å²) >= 11 is 3.46. The number of rotatable bonds is 2. The van der Waals surface area contributed by atoms with Crippen LogP contribution < -0.4 is 10.6 Å². The predicted molar refractivity (Wildman–Crippen MR) is 77.4 cm³/mol. The Bertz CT molecular complexity index is 457. The maximum Gasteiger partial charge on any atom is 0.0992 e. The van der Waals surface area contributed by atoms with Crippen molar-refractivity contribution in [2.45, 2.75) is 25.8 Å². The maximum absolute atomic E-state index is 8.99. The largest absolute Gasteiger partial charge is 0.371 e. The van der Waals surface area contributed by atoms with Crippen molar-refractivity contribution in [2.24, 2.45) is 11.7 Å². The summed E-state index contributed by atoms with van der Waals surface area (Å²) in [5.74, 6) is 0.629. The van der Waals surface area contributed by atoms with Gasteiger partial charge < -0.3 is 10.6 Å². The molecule has 1 atom stereocenters. The van der Waals surface area contributed by atoms with Crippen molar-refractivity contribution in [3.05, 3.63) is 28.2 Å². The quantitative estimate of drug-likeness (QED) is 0.914. The molecule has 1 heterocycles. The topological polar surface area (TPSA) is 53.0 Å². The fourth-order valence-corrected chi connectivity index (χ4v) is 2.99. The predicted octanol–water partition coefficient (Wildman–Crippen LogP) is 2.88. The first-order valence-corrected chi connectivity index (χ1v) is 7.10. The number of nitrogens with two attached hydrogens (primary N) is 1. The van der Waals surface area contributed by atoms with E-state index in [2.05, 4.69) is 39.9 Å². The Morgan fingerprint density at radius 3 is 2.61 bits per heavy atom. The standard InChI is InChI=1S/C14H18BrN3/c1-10(17)12-2-4-18(5-3-12)14-7-11(9-16)6-13(15)8-14/h6-8,10,12H,2-5,17H2,1H3. The van der Waals surface area contributed by atoms with Crippen LogP contribution in [0.1, 0.15) is 25.3 Å². The van der Waals surface area contributed by atoms with Crippen LogP contribution >= 0.6 is 15.9 Å². The molecule has 1 aliphatic rings. The van der Waals surface area contributed by atoms with Gasteiger partial charge in [0.05, 0.1) is 11.6 Å². The van der Waals surface area contributed by atoms with Gasteiger partial charge in [-0.1, -0.05) is 15.9 Å². The van der Waals surface area contributed by atoms with Crippen LogP contribution in [0.5, 0.6) is 0 Å². The summed E-state index contributed by atoms with van der Waals surface area (Å²) < 4.78 is 0.964. The number of hydrogen-bond donors (Lipinski definition) is 1. The molecule has 1 unspecified atom stereocenters. The van der Waals surface area contributed by atoms with Crippen LogP contribution in [0.3, 0.4) is 0 Å². The molecule has 0 saturated carbocycles. The molecule has 3 nitrogen and oxygen atoms in total. The van der Waals surface area contributed by atoms with Crippen molar-refractivity contribution < 1.29 is 0 Å². The summed E-state index contributed by atoms with van der Waals surface area (Å²) in [6, 6.07) is 8.36. The number of hydrogen-bond acceptors (Lipinski definition) is 3. The molecule has 96 valence electrons. The van der Waals surface area contributed by atoms with E-state index in [-0.39, 0.29) is 6.04 Å². The minimum atomic E-state index is 0.282. The van der Waals surface area contributed by atoms with E-state index < -0.39 is 0 Å². The third-order valence-corrected chi connectivity index (χ3v) is 4.12. The second kappa shape index (κ2) is 5.73. The van der Waals surface area contributed by atoms with E-state index in [1.807, 2.05) is 12.1 Å². The highest BCUT2D eigenvalue weighted by Crippen LogP contribution is 2.27. The molecule has 1 aromatic carbocycles. The van der Waals surface area contributed by atoms with E-state index in [9.17, 15) is 0 Å². The summed E-state index contributed by atoms with van der Waals surface area (Å²) in [6.45, 7) is 4.13. The van der Waals surface area contributed by atoms with Gasteiger partial charge in [-0.3, -0.25) is 0 Å². The van der Waals surface area contributed by atoms with Gasteiger partial charge in [-0.2, -0.15) is 5.26 Å². The summed E-state index contributed by atoms with van der Waals surface area (Å²) in [6.07, 6.45) is 2.26. The van der Waals surface area contributed by atoms with Crippen molar-refractivity contribution in [2.75, 3.05) is 18.0 Å². The Balaban J connectivity index is 2.10. The Morgan fingerprint density at radius 2 is 2.06 bits per heavy atom. The first-order valence-electron chi connectivity index (χ1n) is 6.31. The van der Waals surface area contributed by atoms with Crippen molar-refractivity contribution in [3.63, 3.8) is 0 Å². The average molecular weight is 308 g/mol. The molecule has 0 amide bonds. The molecule has 0 aliphatic carbocycles. The van der Waals surface area contributed by atoms with Crippen LogP contribution in [-0.2, 0) is 0 Å². The first-order chi connectivity index (χ1) is 8.60. The highest BCUT2D eigenvalue weighted by Gasteiger charge is 2.22. The zero-order chi connectivity index (χ0) is 13.1. The van der Waals surface area contributed by atoms with Crippen LogP contribution in [0, 0.1) is 17.2 Å². The van der Waals surface area contributed by atoms with Crippen molar-refractivity contribution in [1.82, 2.24) is 0 Å². The molecule has 2 N–H and O–H groups in total. The van der Waals surface area contributed by atoms with E-state index in [0.29, 0.717) is 11.5 Å². The summed E-state index contributed by atoms with van der Waals surface area (Å²) in [4.78, 5) is 2.34. The number of anilines is 1. The second-order valence-corrected chi connectivity index (χ2v) is 5.91. The Labute approximate surface area is 117 Å². The molecule has 0 bridgehead atoms. The molecule has 0 spiro atoms. The van der Waals surface area contributed by atoms with Gasteiger partial charge in [0.1, 0.15) is 0 Å². The Kier molecular flexibility index (Phi) is 4.26. The molecule has 2 rings (SSSR count). The average Bonchev–Trinajstić information content (AvgIpc) is 2.38. The van der Waals surface area contributed by atoms with Crippen LogP contribution in [0.4, 0.5) is 5.69 Å². The molecular formula is C14H18BrN3. The number of nitriles is 1. The molecule has 1 aliphatic heterocycles. The maximum atomic E-state index is 8.99. The molecule has 18 heavy (non-hydrogen) atoms. The zero-order valence-electron chi connectivity index (χ0n) is 10.6. The fraction of sp³-hybridized carbons (Fsp3) is 0.500. The van der Waals surface area contributed by atoms with Crippen LogP contribution in [-0.4, -0.2) is 19.1 Å². The summed E-state index contributed by atoms with van der Waals surface area (Å²) in [7, 11) is 0. The lowest BCUT2D eigenvalue weighted by Crippen LogP contribution is -2.39. The van der Waals surface area contributed by atoms with Crippen molar-refractivity contribution >= 4 is 21.6 Å². The van der Waals surface area contributed by atoms with Gasteiger partial charge in [0.25, 0.3) is 0 Å². The number of benzene rings is 1. The summed E-state index contributed by atoms with van der Waals surface area (Å²) in [5.41, 5.74) is 7.78. The van der Waals surface area contributed by atoms with E-state index in [1.165, 1.54) is 0 Å². The van der Waals surface area contributed by atoms with E-state index in [4.69, 9.17) is 11.0 Å². The van der Waals surface area contributed by atoms with E-state index in [0.717, 1.165) is 36.1 Å². The monoisotopic (exact) mass is 307 g/mol. The van der Waals surface area contributed by atoms with Crippen LogP contribution in [0.25, 0.3) is 0 Å². The van der Waals surface area contributed by atoms with Crippen molar-refractivity contribution in [1.29, 1.82) is 5.26 Å². The minimum absolute atomic E-state index is 0.282. The molecule has 4 heteroatoms. The molecule has 0 radical (unpaired) electrons. The molecule has 0 aromatic heterocycles. The highest BCUT2D eigenvalue weighted by molar-refractivity contribution is 9.10. The normalized spacial score (nSPS) is 18.4. The number of halogens is 1. The van der Waals surface area contributed by atoms with Gasteiger partial charge >= 0.3 is 0 Å². The van der Waals surface area contributed by atoms with Crippen molar-refractivity contribution in [3.8, 4) is 6.07 Å². The molecule has 1 fully saturated rings. The third-order valence-electron chi connectivity index (χ3n) is 3.66. The lowest BCUT2D eigenvalue weighted by atomic mass is 9.90.